The van der Waals surface area contributed by atoms with Gasteiger partial charge in [-0.1, -0.05) is 29.4 Å². The van der Waals surface area contributed by atoms with Crippen molar-refractivity contribution in [2.24, 2.45) is 5.73 Å². The Morgan fingerprint density at radius 3 is 2.88 bits per heavy atom. The Morgan fingerprint density at radius 2 is 2.24 bits per heavy atom. The van der Waals surface area contributed by atoms with Crippen molar-refractivity contribution in [1.82, 2.24) is 0 Å². The number of hydrogen-bond donors (Lipinski definition) is 1. The van der Waals surface area contributed by atoms with Crippen LogP contribution in [-0.4, -0.2) is 6.04 Å². The fourth-order valence-electron chi connectivity index (χ4n) is 1.58. The molecule has 1 aromatic heterocycles. The van der Waals surface area contributed by atoms with Gasteiger partial charge in [-0.05, 0) is 48.6 Å². The molecule has 1 atom stereocenters. The molecule has 1 unspecified atom stereocenters. The van der Waals surface area contributed by atoms with Crippen molar-refractivity contribution < 1.29 is 0 Å². The summed E-state index contributed by atoms with van der Waals surface area (Å²) in [4.78, 5) is 1.24. The van der Waals surface area contributed by atoms with Crippen molar-refractivity contribution in [2.45, 2.75) is 28.5 Å². The second kappa shape index (κ2) is 5.91. The van der Waals surface area contributed by atoms with Crippen molar-refractivity contribution in [3.63, 3.8) is 0 Å². The normalized spacial score (nSPS) is 12.6. The van der Waals surface area contributed by atoms with Gasteiger partial charge in [-0.3, -0.25) is 0 Å². The van der Waals surface area contributed by atoms with Gasteiger partial charge in [0.15, 0.2) is 0 Å². The smallest absolute Gasteiger partial charge is 0.0646 e. The van der Waals surface area contributed by atoms with Gasteiger partial charge in [-0.15, -0.1) is 11.3 Å². The van der Waals surface area contributed by atoms with Crippen LogP contribution in [0.3, 0.4) is 0 Å². The summed E-state index contributed by atoms with van der Waals surface area (Å²) >= 11 is 9.56. The standard InChI is InChI=1S/C13H14ClNS2/c1-9(15)7-10-8-11(14)4-5-12(10)17-13-3-2-6-16-13/h2-6,8-9H,7,15H2,1H3. The van der Waals surface area contributed by atoms with Crippen molar-refractivity contribution in [1.29, 1.82) is 0 Å². The molecular formula is C13H14ClNS2. The number of nitrogens with two attached hydrogens (primary N) is 1. The van der Waals surface area contributed by atoms with Gasteiger partial charge < -0.3 is 5.73 Å². The minimum absolute atomic E-state index is 0.149. The van der Waals surface area contributed by atoms with E-state index in [1.165, 1.54) is 14.7 Å². The molecule has 1 heterocycles. The predicted molar refractivity (Wildman–Crippen MR) is 77.2 cm³/mol. The highest BCUT2D eigenvalue weighted by Gasteiger charge is 2.08. The lowest BCUT2D eigenvalue weighted by molar-refractivity contribution is 0.729. The zero-order chi connectivity index (χ0) is 12.3. The monoisotopic (exact) mass is 283 g/mol. The van der Waals surface area contributed by atoms with Crippen molar-refractivity contribution in [2.75, 3.05) is 0 Å². The van der Waals surface area contributed by atoms with Crippen molar-refractivity contribution in [3.05, 3.63) is 46.3 Å². The molecule has 0 spiro atoms. The molecule has 0 saturated carbocycles. The van der Waals surface area contributed by atoms with E-state index < -0.39 is 0 Å². The Bertz CT molecular complexity index is 480. The first-order valence-corrected chi connectivity index (χ1v) is 7.48. The first kappa shape index (κ1) is 13.0. The van der Waals surface area contributed by atoms with Gasteiger partial charge in [-0.25, -0.2) is 0 Å². The Kier molecular flexibility index (Phi) is 4.51. The third-order valence-corrected chi connectivity index (χ3v) is 4.66. The maximum atomic E-state index is 6.03. The summed E-state index contributed by atoms with van der Waals surface area (Å²) in [5, 5.41) is 2.86. The van der Waals surface area contributed by atoms with E-state index >= 15 is 0 Å². The third-order valence-electron chi connectivity index (χ3n) is 2.27. The minimum Gasteiger partial charge on any atom is -0.328 e. The molecule has 0 aliphatic heterocycles. The summed E-state index contributed by atoms with van der Waals surface area (Å²) in [7, 11) is 0. The molecule has 90 valence electrons. The van der Waals surface area contributed by atoms with Crippen LogP contribution < -0.4 is 5.73 Å². The third kappa shape index (κ3) is 3.75. The summed E-state index contributed by atoms with van der Waals surface area (Å²) in [6.45, 7) is 2.01. The first-order chi connectivity index (χ1) is 8.15. The lowest BCUT2D eigenvalue weighted by Crippen LogP contribution is -2.18. The largest absolute Gasteiger partial charge is 0.328 e. The Labute approximate surface area is 115 Å². The highest BCUT2D eigenvalue weighted by Crippen LogP contribution is 2.35. The summed E-state index contributed by atoms with van der Waals surface area (Å²) < 4.78 is 1.29. The van der Waals surface area contributed by atoms with Gasteiger partial charge in [0.25, 0.3) is 0 Å². The molecule has 2 N–H and O–H groups in total. The van der Waals surface area contributed by atoms with Crippen LogP contribution in [0.4, 0.5) is 0 Å². The SMILES string of the molecule is CC(N)Cc1cc(Cl)ccc1Sc1cccs1. The Hall–Kier alpha value is -0.480. The highest BCUT2D eigenvalue weighted by molar-refractivity contribution is 8.01. The average molecular weight is 284 g/mol. The number of thiophene rings is 1. The fraction of sp³-hybridized carbons (Fsp3) is 0.231. The molecule has 0 saturated heterocycles. The molecular weight excluding hydrogens is 270 g/mol. The van der Waals surface area contributed by atoms with Crippen LogP contribution >= 0.6 is 34.7 Å². The summed E-state index contributed by atoms with van der Waals surface area (Å²) in [5.41, 5.74) is 7.09. The molecule has 17 heavy (non-hydrogen) atoms. The molecule has 2 rings (SSSR count). The quantitative estimate of drug-likeness (QED) is 0.897. The maximum Gasteiger partial charge on any atom is 0.0646 e. The Balaban J connectivity index is 2.25. The molecule has 2 aromatic rings. The van der Waals surface area contributed by atoms with E-state index in [0.717, 1.165) is 11.4 Å². The van der Waals surface area contributed by atoms with E-state index in [1.807, 2.05) is 19.1 Å². The number of benzene rings is 1. The van der Waals surface area contributed by atoms with Gasteiger partial charge in [0, 0.05) is 16.0 Å². The fourth-order valence-corrected chi connectivity index (χ4v) is 3.63. The highest BCUT2D eigenvalue weighted by atomic mass is 35.5. The van der Waals surface area contributed by atoms with Crippen LogP contribution in [0, 0.1) is 0 Å². The second-order valence-corrected chi connectivity index (χ2v) is 6.69. The summed E-state index contributed by atoms with van der Waals surface area (Å²) in [6, 6.07) is 10.4. The van der Waals surface area contributed by atoms with Crippen LogP contribution in [0.15, 0.2) is 44.8 Å². The molecule has 0 fully saturated rings. The lowest BCUT2D eigenvalue weighted by Gasteiger charge is -2.11. The van der Waals surface area contributed by atoms with Gasteiger partial charge in [-0.2, -0.15) is 0 Å². The zero-order valence-electron chi connectivity index (χ0n) is 9.52. The van der Waals surface area contributed by atoms with E-state index in [2.05, 4.69) is 23.6 Å². The summed E-state index contributed by atoms with van der Waals surface area (Å²) in [5.74, 6) is 0. The number of rotatable bonds is 4. The second-order valence-electron chi connectivity index (χ2n) is 3.97. The molecule has 4 heteroatoms. The number of hydrogen-bond acceptors (Lipinski definition) is 3. The van der Waals surface area contributed by atoms with E-state index in [9.17, 15) is 0 Å². The van der Waals surface area contributed by atoms with Crippen LogP contribution in [-0.2, 0) is 6.42 Å². The molecule has 0 bridgehead atoms. The van der Waals surface area contributed by atoms with E-state index in [1.54, 1.807) is 23.1 Å². The van der Waals surface area contributed by atoms with Crippen LogP contribution in [0.2, 0.25) is 5.02 Å². The zero-order valence-corrected chi connectivity index (χ0v) is 11.9. The van der Waals surface area contributed by atoms with E-state index in [0.29, 0.717) is 0 Å². The molecule has 0 radical (unpaired) electrons. The van der Waals surface area contributed by atoms with Gasteiger partial charge in [0.05, 0.1) is 4.21 Å². The first-order valence-electron chi connectivity index (χ1n) is 5.40. The van der Waals surface area contributed by atoms with E-state index in [-0.39, 0.29) is 6.04 Å². The van der Waals surface area contributed by atoms with Crippen molar-refractivity contribution in [3.8, 4) is 0 Å². The summed E-state index contributed by atoms with van der Waals surface area (Å²) in [6.07, 6.45) is 0.855. The van der Waals surface area contributed by atoms with Crippen molar-refractivity contribution >= 4 is 34.7 Å². The molecule has 1 nitrogen and oxygen atoms in total. The molecule has 0 aliphatic carbocycles. The van der Waals surface area contributed by atoms with Gasteiger partial charge >= 0.3 is 0 Å². The van der Waals surface area contributed by atoms with Crippen LogP contribution in [0.5, 0.6) is 0 Å². The van der Waals surface area contributed by atoms with Crippen LogP contribution in [0.1, 0.15) is 12.5 Å². The van der Waals surface area contributed by atoms with Gasteiger partial charge in [0.2, 0.25) is 0 Å². The topological polar surface area (TPSA) is 26.0 Å². The minimum atomic E-state index is 0.149. The van der Waals surface area contributed by atoms with E-state index in [4.69, 9.17) is 17.3 Å². The lowest BCUT2D eigenvalue weighted by atomic mass is 10.1. The number of halogens is 1. The average Bonchev–Trinajstić information content (AvgIpc) is 2.74. The maximum absolute atomic E-state index is 6.03. The van der Waals surface area contributed by atoms with Crippen LogP contribution in [0.25, 0.3) is 0 Å². The molecule has 0 amide bonds. The predicted octanol–water partition coefficient (Wildman–Crippen LogP) is 4.44. The van der Waals surface area contributed by atoms with Gasteiger partial charge in [0.1, 0.15) is 0 Å². The Morgan fingerprint density at radius 1 is 1.41 bits per heavy atom. The molecule has 0 aliphatic rings. The molecule has 1 aromatic carbocycles.